The molecule has 148 valence electrons. The third-order valence-electron chi connectivity index (χ3n) is 3.79. The molecule has 0 aliphatic rings. The van der Waals surface area contributed by atoms with Gasteiger partial charge in [-0.25, -0.2) is 4.68 Å². The summed E-state index contributed by atoms with van der Waals surface area (Å²) in [5.41, 5.74) is 0.677. The minimum absolute atomic E-state index is 0.222. The average Bonchev–Trinajstić information content (AvgIpc) is 2.62. The van der Waals surface area contributed by atoms with E-state index in [9.17, 15) is 4.79 Å². The summed E-state index contributed by atoms with van der Waals surface area (Å²) >= 11 is 9.67. The molecule has 0 aliphatic heterocycles. The van der Waals surface area contributed by atoms with Crippen LogP contribution in [-0.4, -0.2) is 33.6 Å². The third-order valence-corrected chi connectivity index (χ3v) is 6.16. The minimum atomic E-state index is -0.394. The van der Waals surface area contributed by atoms with Crippen molar-refractivity contribution in [2.45, 2.75) is 44.6 Å². The van der Waals surface area contributed by atoms with Crippen LogP contribution >= 0.6 is 35.1 Å². The van der Waals surface area contributed by atoms with Gasteiger partial charge in [-0.2, -0.15) is 16.9 Å². The van der Waals surface area contributed by atoms with Crippen molar-refractivity contribution < 1.29 is 4.74 Å². The summed E-state index contributed by atoms with van der Waals surface area (Å²) in [6, 6.07) is 8.25. The number of hydrogen-bond donors (Lipinski definition) is 0. The zero-order chi connectivity index (χ0) is 19.9. The van der Waals surface area contributed by atoms with E-state index < -0.39 is 5.54 Å². The lowest BCUT2D eigenvalue weighted by Gasteiger charge is -2.21. The zero-order valence-electron chi connectivity index (χ0n) is 16.3. The highest BCUT2D eigenvalue weighted by Gasteiger charge is 2.19. The molecule has 0 amide bonds. The molecular formula is C20H27ClN2O2S2. The van der Waals surface area contributed by atoms with Crippen LogP contribution in [0.4, 0.5) is 0 Å². The fraction of sp³-hybridized carbons (Fsp3) is 0.500. The minimum Gasteiger partial charge on any atom is -0.493 e. The van der Waals surface area contributed by atoms with Crippen molar-refractivity contribution in [2.75, 3.05) is 23.9 Å². The Kier molecular flexibility index (Phi) is 8.58. The van der Waals surface area contributed by atoms with Crippen LogP contribution < -0.4 is 10.3 Å². The van der Waals surface area contributed by atoms with E-state index in [1.165, 1.54) is 22.0 Å². The lowest BCUT2D eigenvalue weighted by Crippen LogP contribution is -2.36. The van der Waals surface area contributed by atoms with Crippen molar-refractivity contribution in [1.82, 2.24) is 9.78 Å². The monoisotopic (exact) mass is 426 g/mol. The second-order valence-electron chi connectivity index (χ2n) is 7.00. The average molecular weight is 427 g/mol. The molecule has 0 saturated carbocycles. The van der Waals surface area contributed by atoms with Gasteiger partial charge in [-0.1, -0.05) is 30.7 Å². The maximum Gasteiger partial charge on any atom is 0.287 e. The maximum atomic E-state index is 12.3. The van der Waals surface area contributed by atoms with E-state index in [1.807, 2.05) is 44.7 Å². The van der Waals surface area contributed by atoms with E-state index in [1.54, 1.807) is 6.20 Å². The summed E-state index contributed by atoms with van der Waals surface area (Å²) in [6.45, 7) is 8.48. The molecule has 1 aromatic heterocycles. The van der Waals surface area contributed by atoms with Gasteiger partial charge in [-0.15, -0.1) is 11.8 Å². The van der Waals surface area contributed by atoms with Gasteiger partial charge in [0.1, 0.15) is 10.8 Å². The highest BCUT2D eigenvalue weighted by Crippen LogP contribution is 2.24. The number of benzene rings is 1. The molecule has 0 fully saturated rings. The number of halogens is 1. The van der Waals surface area contributed by atoms with Crippen LogP contribution in [-0.2, 0) is 12.0 Å². The number of nitrogens with zero attached hydrogens (tertiary/aromatic N) is 2. The lowest BCUT2D eigenvalue weighted by molar-refractivity contribution is 0.336. The molecule has 1 aromatic carbocycles. The van der Waals surface area contributed by atoms with E-state index >= 15 is 0 Å². The molecule has 2 rings (SSSR count). The Morgan fingerprint density at radius 1 is 1.19 bits per heavy atom. The molecular weight excluding hydrogens is 400 g/mol. The van der Waals surface area contributed by atoms with Gasteiger partial charge in [0.05, 0.1) is 23.2 Å². The van der Waals surface area contributed by atoms with Gasteiger partial charge < -0.3 is 4.74 Å². The van der Waals surface area contributed by atoms with Gasteiger partial charge in [0.2, 0.25) is 0 Å². The van der Waals surface area contributed by atoms with E-state index in [4.69, 9.17) is 16.3 Å². The predicted octanol–water partition coefficient (Wildman–Crippen LogP) is 5.12. The smallest absolute Gasteiger partial charge is 0.287 e. The van der Waals surface area contributed by atoms with Gasteiger partial charge in [-0.05, 0) is 56.4 Å². The summed E-state index contributed by atoms with van der Waals surface area (Å²) in [6.07, 6.45) is 2.74. The fourth-order valence-electron chi connectivity index (χ4n) is 2.39. The number of aromatic nitrogens is 2. The number of rotatable bonds is 9. The Bertz CT molecular complexity index is 786. The summed E-state index contributed by atoms with van der Waals surface area (Å²) in [5, 5.41) is 4.47. The Balaban J connectivity index is 1.83. The van der Waals surface area contributed by atoms with Gasteiger partial charge in [0, 0.05) is 5.75 Å². The molecule has 0 unspecified atom stereocenters. The molecule has 0 aliphatic carbocycles. The van der Waals surface area contributed by atoms with E-state index in [0.717, 1.165) is 23.7 Å². The van der Waals surface area contributed by atoms with E-state index in [0.29, 0.717) is 17.3 Å². The van der Waals surface area contributed by atoms with Crippen LogP contribution in [0.3, 0.4) is 0 Å². The lowest BCUT2D eigenvalue weighted by atomic mass is 10.1. The molecule has 4 nitrogen and oxygen atoms in total. The standard InChI is InChI=1S/C20H27ClN2O2S2/c1-5-26-12-10-15-6-8-16(9-7-15)25-11-13-27-17-14-22-23(20(2,3)4)19(24)18(17)21/h6-9,14H,5,10-13H2,1-4H3. The first-order chi connectivity index (χ1) is 12.8. The normalized spacial score (nSPS) is 11.6. The maximum absolute atomic E-state index is 12.3. The number of hydrogen-bond acceptors (Lipinski definition) is 5. The topological polar surface area (TPSA) is 44.1 Å². The van der Waals surface area contributed by atoms with Crippen molar-refractivity contribution in [2.24, 2.45) is 0 Å². The Hall–Kier alpha value is -1.11. The highest BCUT2D eigenvalue weighted by molar-refractivity contribution is 7.99. The summed E-state index contributed by atoms with van der Waals surface area (Å²) in [7, 11) is 0. The Morgan fingerprint density at radius 3 is 2.52 bits per heavy atom. The first kappa shape index (κ1) is 22.2. The molecule has 0 saturated heterocycles. The summed E-state index contributed by atoms with van der Waals surface area (Å²) in [4.78, 5) is 13.0. The van der Waals surface area contributed by atoms with Crippen molar-refractivity contribution in [1.29, 1.82) is 0 Å². The largest absolute Gasteiger partial charge is 0.493 e. The zero-order valence-corrected chi connectivity index (χ0v) is 18.7. The first-order valence-electron chi connectivity index (χ1n) is 9.03. The molecule has 0 spiro atoms. The van der Waals surface area contributed by atoms with Crippen LogP contribution in [0.2, 0.25) is 5.02 Å². The molecule has 7 heteroatoms. The molecule has 0 N–H and O–H groups in total. The molecule has 0 atom stereocenters. The van der Waals surface area contributed by atoms with Crippen molar-refractivity contribution in [3.8, 4) is 5.75 Å². The number of thioether (sulfide) groups is 2. The van der Waals surface area contributed by atoms with Gasteiger partial charge >= 0.3 is 0 Å². The first-order valence-corrected chi connectivity index (χ1v) is 11.6. The highest BCUT2D eigenvalue weighted by atomic mass is 35.5. The number of aryl methyl sites for hydroxylation is 1. The Morgan fingerprint density at radius 2 is 1.89 bits per heavy atom. The van der Waals surface area contributed by atoms with Crippen molar-refractivity contribution in [3.63, 3.8) is 0 Å². The van der Waals surface area contributed by atoms with Crippen LogP contribution in [0.1, 0.15) is 33.3 Å². The SMILES string of the molecule is CCSCCc1ccc(OCCSc2cnn(C(C)(C)C)c(=O)c2Cl)cc1. The van der Waals surface area contributed by atoms with E-state index in [2.05, 4.69) is 24.2 Å². The van der Waals surface area contributed by atoms with Crippen molar-refractivity contribution in [3.05, 3.63) is 51.4 Å². The predicted molar refractivity (Wildman–Crippen MR) is 118 cm³/mol. The van der Waals surface area contributed by atoms with Crippen LogP contribution in [0, 0.1) is 0 Å². The quantitative estimate of drug-likeness (QED) is 0.411. The molecule has 1 heterocycles. The second kappa shape index (κ2) is 10.4. The molecule has 0 bridgehead atoms. The number of ether oxygens (including phenoxy) is 1. The fourth-order valence-corrected chi connectivity index (χ4v) is 4.08. The third kappa shape index (κ3) is 6.77. The van der Waals surface area contributed by atoms with Crippen LogP contribution in [0.5, 0.6) is 5.75 Å². The van der Waals surface area contributed by atoms with Crippen LogP contribution in [0.15, 0.2) is 40.2 Å². The van der Waals surface area contributed by atoms with Gasteiger partial charge in [0.25, 0.3) is 5.56 Å². The molecule has 0 radical (unpaired) electrons. The summed E-state index contributed by atoms with van der Waals surface area (Å²) in [5.74, 6) is 3.85. The molecule has 2 aromatic rings. The second-order valence-corrected chi connectivity index (χ2v) is 9.91. The van der Waals surface area contributed by atoms with Gasteiger partial charge in [-0.3, -0.25) is 4.79 Å². The summed E-state index contributed by atoms with van der Waals surface area (Å²) < 4.78 is 7.20. The Labute approximate surface area is 175 Å². The van der Waals surface area contributed by atoms with Gasteiger partial charge in [0.15, 0.2) is 0 Å². The molecule has 27 heavy (non-hydrogen) atoms. The van der Waals surface area contributed by atoms with Crippen molar-refractivity contribution >= 4 is 35.1 Å². The van der Waals surface area contributed by atoms with E-state index in [-0.39, 0.29) is 10.6 Å². The van der Waals surface area contributed by atoms with Crippen LogP contribution in [0.25, 0.3) is 0 Å².